The van der Waals surface area contributed by atoms with Crippen molar-refractivity contribution >= 4 is 42.5 Å². The molecule has 0 unspecified atom stereocenters. The third kappa shape index (κ3) is 5.65. The van der Waals surface area contributed by atoms with Crippen LogP contribution in [0.25, 0.3) is 34.4 Å². The lowest BCUT2D eigenvalue weighted by Gasteiger charge is -2.32. The van der Waals surface area contributed by atoms with Crippen LogP contribution in [-0.4, -0.2) is 8.07 Å². The normalized spacial score (nSPS) is 14.8. The van der Waals surface area contributed by atoms with E-state index in [4.69, 9.17) is 0 Å². The van der Waals surface area contributed by atoms with E-state index in [-0.39, 0.29) is 10.8 Å². The van der Waals surface area contributed by atoms with Crippen LogP contribution in [0.4, 0.5) is 17.1 Å². The van der Waals surface area contributed by atoms with Crippen LogP contribution in [0.1, 0.15) is 86.8 Å². The maximum absolute atomic E-state index is 2.57. The average Bonchev–Trinajstić information content (AvgIpc) is 3.63. The Morgan fingerprint density at radius 3 is 1.26 bits per heavy atom. The van der Waals surface area contributed by atoms with Gasteiger partial charge in [0.1, 0.15) is 0 Å². The zero-order valence-corrected chi connectivity index (χ0v) is 33.6. The number of hydrogen-bond donors (Lipinski definition) is 0. The van der Waals surface area contributed by atoms with Crippen molar-refractivity contribution in [2.45, 2.75) is 83.8 Å². The predicted molar refractivity (Wildman–Crippen MR) is 233 cm³/mol. The predicted octanol–water partition coefficient (Wildman–Crippen LogP) is 14.0. The highest BCUT2D eigenvalue weighted by Gasteiger charge is 2.42. The molecular formula is C51H53NSi. The molecule has 0 heterocycles. The van der Waals surface area contributed by atoms with Gasteiger partial charge in [-0.15, -0.1) is 0 Å². The Labute approximate surface area is 319 Å². The van der Waals surface area contributed by atoms with Gasteiger partial charge in [0, 0.05) is 27.9 Å². The highest BCUT2D eigenvalue weighted by molar-refractivity contribution is 6.88. The first-order valence-corrected chi connectivity index (χ1v) is 23.3. The SMILES string of the molecule is CCC1(CC)c2cc(/C=C/c3ccc4c(c3)C(CC)(CC)c3cc([Si](C)(C)C)ccc3-4)ccc2-c2ccc(N(c3ccccc3)c3ccccc3)cc21. The zero-order valence-electron chi connectivity index (χ0n) is 32.6. The van der Waals surface area contributed by atoms with E-state index >= 15 is 0 Å². The van der Waals surface area contributed by atoms with Crippen molar-refractivity contribution < 1.29 is 0 Å². The van der Waals surface area contributed by atoms with Crippen molar-refractivity contribution in [2.75, 3.05) is 4.90 Å². The summed E-state index contributed by atoms with van der Waals surface area (Å²) in [5.74, 6) is 0. The number of hydrogen-bond acceptors (Lipinski definition) is 1. The molecule has 2 aliphatic carbocycles. The summed E-state index contributed by atoms with van der Waals surface area (Å²) in [4.78, 5) is 2.39. The lowest BCUT2D eigenvalue weighted by atomic mass is 9.73. The molecule has 0 aromatic heterocycles. The minimum Gasteiger partial charge on any atom is -0.310 e. The van der Waals surface area contributed by atoms with Crippen LogP contribution in [0.15, 0.2) is 133 Å². The van der Waals surface area contributed by atoms with Gasteiger partial charge in [-0.05, 0) is 118 Å². The first-order valence-electron chi connectivity index (χ1n) is 19.8. The number of benzene rings is 6. The van der Waals surface area contributed by atoms with Gasteiger partial charge in [0.25, 0.3) is 0 Å². The first kappa shape index (κ1) is 35.1. The molecule has 0 atom stereocenters. The molecule has 53 heavy (non-hydrogen) atoms. The molecule has 6 aromatic rings. The summed E-state index contributed by atoms with van der Waals surface area (Å²) >= 11 is 0. The molecule has 0 bridgehead atoms. The van der Waals surface area contributed by atoms with Crippen LogP contribution in [0.5, 0.6) is 0 Å². The maximum atomic E-state index is 2.57. The minimum atomic E-state index is -1.42. The molecule has 0 spiro atoms. The van der Waals surface area contributed by atoms with Gasteiger partial charge in [0.2, 0.25) is 0 Å². The van der Waals surface area contributed by atoms with Crippen LogP contribution >= 0.6 is 0 Å². The molecule has 0 amide bonds. The Bertz CT molecular complexity index is 2280. The number of fused-ring (bicyclic) bond motifs is 6. The fourth-order valence-electron chi connectivity index (χ4n) is 9.64. The lowest BCUT2D eigenvalue weighted by Crippen LogP contribution is -2.38. The van der Waals surface area contributed by atoms with E-state index in [0.29, 0.717) is 0 Å². The largest absolute Gasteiger partial charge is 0.310 e. The van der Waals surface area contributed by atoms with E-state index in [1.165, 1.54) is 67.1 Å². The van der Waals surface area contributed by atoms with Gasteiger partial charge in [-0.2, -0.15) is 0 Å². The van der Waals surface area contributed by atoms with Gasteiger partial charge in [0.15, 0.2) is 0 Å². The van der Waals surface area contributed by atoms with Crippen molar-refractivity contribution in [3.63, 3.8) is 0 Å². The van der Waals surface area contributed by atoms with Gasteiger partial charge in [0.05, 0.1) is 8.07 Å². The summed E-state index contributed by atoms with van der Waals surface area (Å²) in [7, 11) is -1.42. The standard InChI is InChI=1S/C51H53NSi/c1-8-50(9-2)46-32-36(22-23-37-25-29-43-45-31-27-41(53(5,6)7)35-49(45)51(10-3,11-4)47(43)33-37)24-28-42(46)44-30-26-40(34-48(44)50)52(38-18-14-12-15-19-38)39-20-16-13-17-21-39/h12-35H,8-11H2,1-7H3/b23-22+. The average molecular weight is 708 g/mol. The van der Waals surface area contributed by atoms with Gasteiger partial charge in [-0.25, -0.2) is 0 Å². The van der Waals surface area contributed by atoms with Crippen molar-refractivity contribution in [3.8, 4) is 22.3 Å². The van der Waals surface area contributed by atoms with Crippen molar-refractivity contribution in [1.82, 2.24) is 0 Å². The summed E-state index contributed by atoms with van der Waals surface area (Å²) < 4.78 is 0. The van der Waals surface area contributed by atoms with Crippen LogP contribution < -0.4 is 10.1 Å². The summed E-state index contributed by atoms with van der Waals surface area (Å²) in [5, 5.41) is 1.56. The van der Waals surface area contributed by atoms with E-state index in [0.717, 1.165) is 25.7 Å². The molecule has 6 aromatic carbocycles. The quantitative estimate of drug-likeness (QED) is 0.101. The smallest absolute Gasteiger partial charge is 0.0776 e. The first-order chi connectivity index (χ1) is 25.7. The number of anilines is 3. The summed E-state index contributed by atoms with van der Waals surface area (Å²) in [6, 6.07) is 50.4. The van der Waals surface area contributed by atoms with Gasteiger partial charge < -0.3 is 4.90 Å². The molecule has 0 aliphatic heterocycles. The van der Waals surface area contributed by atoms with E-state index < -0.39 is 8.07 Å². The summed E-state index contributed by atoms with van der Waals surface area (Å²) in [5.41, 5.74) is 17.7. The maximum Gasteiger partial charge on any atom is 0.0776 e. The van der Waals surface area contributed by atoms with E-state index in [1.807, 2.05) is 0 Å². The monoisotopic (exact) mass is 707 g/mol. The lowest BCUT2D eigenvalue weighted by molar-refractivity contribution is 0.490. The Kier molecular flexibility index (Phi) is 8.94. The molecule has 0 fully saturated rings. The van der Waals surface area contributed by atoms with Crippen molar-refractivity contribution in [2.24, 2.45) is 0 Å². The molecule has 0 radical (unpaired) electrons. The highest BCUT2D eigenvalue weighted by Crippen LogP contribution is 2.55. The Morgan fingerprint density at radius 2 is 0.830 bits per heavy atom. The minimum absolute atomic E-state index is 0.0421. The third-order valence-corrected chi connectivity index (χ3v) is 14.8. The van der Waals surface area contributed by atoms with Crippen molar-refractivity contribution in [3.05, 3.63) is 167 Å². The van der Waals surface area contributed by atoms with Gasteiger partial charge in [-0.3, -0.25) is 0 Å². The Morgan fingerprint density at radius 1 is 0.434 bits per heavy atom. The molecule has 266 valence electrons. The van der Waals surface area contributed by atoms with E-state index in [9.17, 15) is 0 Å². The van der Waals surface area contributed by atoms with Crippen molar-refractivity contribution in [1.29, 1.82) is 0 Å². The van der Waals surface area contributed by atoms with Crippen LogP contribution in [0, 0.1) is 0 Å². The molecule has 0 saturated heterocycles. The second-order valence-corrected chi connectivity index (χ2v) is 21.3. The molecule has 1 nitrogen and oxygen atoms in total. The van der Waals surface area contributed by atoms with E-state index in [2.05, 4.69) is 198 Å². The molecule has 0 N–H and O–H groups in total. The van der Waals surface area contributed by atoms with Crippen LogP contribution in [0.3, 0.4) is 0 Å². The molecular weight excluding hydrogens is 655 g/mol. The highest BCUT2D eigenvalue weighted by atomic mass is 28.3. The second kappa shape index (κ2) is 13.5. The fourth-order valence-corrected chi connectivity index (χ4v) is 10.8. The topological polar surface area (TPSA) is 3.24 Å². The second-order valence-electron chi connectivity index (χ2n) is 16.3. The van der Waals surface area contributed by atoms with Gasteiger partial charge >= 0.3 is 0 Å². The number of para-hydroxylation sites is 2. The third-order valence-electron chi connectivity index (χ3n) is 12.8. The molecule has 2 aliphatic rings. The Hall–Kier alpha value is -4.92. The Balaban J connectivity index is 1.15. The zero-order chi connectivity index (χ0) is 37.0. The molecule has 0 saturated carbocycles. The number of nitrogens with zero attached hydrogens (tertiary/aromatic N) is 1. The van der Waals surface area contributed by atoms with Gasteiger partial charge in [-0.1, -0.05) is 162 Å². The van der Waals surface area contributed by atoms with E-state index in [1.54, 1.807) is 10.8 Å². The summed E-state index contributed by atoms with van der Waals surface area (Å²) in [6.07, 6.45) is 9.01. The molecule has 8 rings (SSSR count). The summed E-state index contributed by atoms with van der Waals surface area (Å²) in [6.45, 7) is 16.9. The number of rotatable bonds is 10. The fraction of sp³-hybridized carbons (Fsp3) is 0.255. The van der Waals surface area contributed by atoms with Crippen LogP contribution in [0.2, 0.25) is 19.6 Å². The van der Waals surface area contributed by atoms with Crippen LogP contribution in [-0.2, 0) is 10.8 Å². The molecule has 2 heteroatoms.